The Kier molecular flexibility index (Phi) is 4.25. The van der Waals surface area contributed by atoms with Crippen LogP contribution in [0.15, 0.2) is 18.2 Å². The van der Waals surface area contributed by atoms with E-state index in [1.807, 2.05) is 20.0 Å². The van der Waals surface area contributed by atoms with Gasteiger partial charge >= 0.3 is 0 Å². The lowest BCUT2D eigenvalue weighted by molar-refractivity contribution is 0.0784. The van der Waals surface area contributed by atoms with E-state index in [1.54, 1.807) is 17.0 Å². The van der Waals surface area contributed by atoms with Gasteiger partial charge in [-0.15, -0.1) is 0 Å². The van der Waals surface area contributed by atoms with Crippen molar-refractivity contribution < 1.29 is 4.79 Å². The predicted molar refractivity (Wildman–Crippen MR) is 74.2 cm³/mol. The van der Waals surface area contributed by atoms with E-state index in [0.29, 0.717) is 16.6 Å². The number of nitrogens with one attached hydrogen (secondary N) is 1. The summed E-state index contributed by atoms with van der Waals surface area (Å²) in [4.78, 5) is 14.0. The molecule has 1 N–H and O–H groups in total. The first-order chi connectivity index (χ1) is 8.58. The minimum atomic E-state index is 0.0588. The fraction of sp³-hybridized carbons (Fsp3) is 0.500. The average Bonchev–Trinajstić information content (AvgIpc) is 2.84. The second-order valence-corrected chi connectivity index (χ2v) is 5.35. The molecule has 2 rings (SSSR count). The molecule has 18 heavy (non-hydrogen) atoms. The Labute approximate surface area is 113 Å². The molecule has 1 aliphatic heterocycles. The summed E-state index contributed by atoms with van der Waals surface area (Å²) < 4.78 is 0. The molecule has 0 radical (unpaired) electrons. The van der Waals surface area contributed by atoms with E-state index < -0.39 is 0 Å². The molecular formula is C14H19ClN2O. The zero-order valence-corrected chi connectivity index (χ0v) is 11.6. The van der Waals surface area contributed by atoms with Gasteiger partial charge in [-0.1, -0.05) is 11.6 Å². The highest BCUT2D eigenvalue weighted by Gasteiger charge is 2.19. The van der Waals surface area contributed by atoms with E-state index in [2.05, 4.69) is 5.32 Å². The van der Waals surface area contributed by atoms with Crippen LogP contribution in [0.1, 0.15) is 28.8 Å². The van der Waals surface area contributed by atoms with E-state index in [0.717, 1.165) is 25.1 Å². The summed E-state index contributed by atoms with van der Waals surface area (Å²) in [5, 5.41) is 4.10. The summed E-state index contributed by atoms with van der Waals surface area (Å²) in [6, 6.07) is 5.86. The third-order valence-corrected chi connectivity index (χ3v) is 3.83. The van der Waals surface area contributed by atoms with Crippen molar-refractivity contribution in [1.29, 1.82) is 0 Å². The van der Waals surface area contributed by atoms with Gasteiger partial charge in [0.1, 0.15) is 0 Å². The number of rotatable bonds is 3. The molecule has 1 saturated heterocycles. The highest BCUT2D eigenvalue weighted by molar-refractivity contribution is 6.31. The lowest BCUT2D eigenvalue weighted by Crippen LogP contribution is -2.38. The molecule has 98 valence electrons. The second-order valence-electron chi connectivity index (χ2n) is 4.94. The molecule has 0 spiro atoms. The van der Waals surface area contributed by atoms with Crippen molar-refractivity contribution in [2.75, 3.05) is 20.1 Å². The Hall–Kier alpha value is -1.06. The van der Waals surface area contributed by atoms with Crippen LogP contribution in [0.25, 0.3) is 0 Å². The standard InChI is InChI=1S/C14H19ClN2O/c1-10-8-11(5-6-13(10)15)14(18)17(2)9-12-4-3-7-16-12/h5-6,8,12,16H,3-4,7,9H2,1-2H3. The first kappa shape index (κ1) is 13.4. The molecule has 0 saturated carbocycles. The molecule has 3 nitrogen and oxygen atoms in total. The van der Waals surface area contributed by atoms with Crippen LogP contribution in [0.3, 0.4) is 0 Å². The predicted octanol–water partition coefficient (Wildman–Crippen LogP) is 2.47. The maximum absolute atomic E-state index is 12.3. The number of aryl methyl sites for hydroxylation is 1. The Morgan fingerprint density at radius 3 is 2.94 bits per heavy atom. The van der Waals surface area contributed by atoms with Crippen LogP contribution >= 0.6 is 11.6 Å². The average molecular weight is 267 g/mol. The molecule has 1 heterocycles. The molecule has 1 amide bonds. The summed E-state index contributed by atoms with van der Waals surface area (Å²) >= 11 is 5.97. The Balaban J connectivity index is 2.02. The maximum Gasteiger partial charge on any atom is 0.253 e. The van der Waals surface area contributed by atoms with Crippen LogP contribution < -0.4 is 5.32 Å². The van der Waals surface area contributed by atoms with E-state index >= 15 is 0 Å². The molecule has 4 heteroatoms. The largest absolute Gasteiger partial charge is 0.340 e. The van der Waals surface area contributed by atoms with Crippen LogP contribution in [0, 0.1) is 6.92 Å². The maximum atomic E-state index is 12.3. The SMILES string of the molecule is Cc1cc(C(=O)N(C)CC2CCCN2)ccc1Cl. The number of benzene rings is 1. The highest BCUT2D eigenvalue weighted by atomic mass is 35.5. The monoisotopic (exact) mass is 266 g/mol. The third kappa shape index (κ3) is 3.03. The molecule has 1 aliphatic rings. The van der Waals surface area contributed by atoms with Crippen LogP contribution in [0.2, 0.25) is 5.02 Å². The topological polar surface area (TPSA) is 32.3 Å². The van der Waals surface area contributed by atoms with Gasteiger partial charge in [-0.3, -0.25) is 4.79 Å². The van der Waals surface area contributed by atoms with Gasteiger partial charge in [-0.25, -0.2) is 0 Å². The lowest BCUT2D eigenvalue weighted by Gasteiger charge is -2.21. The number of carbonyl (C=O) groups excluding carboxylic acids is 1. The molecule has 1 fully saturated rings. The van der Waals surface area contributed by atoms with Gasteiger partial charge < -0.3 is 10.2 Å². The first-order valence-corrected chi connectivity index (χ1v) is 6.70. The highest BCUT2D eigenvalue weighted by Crippen LogP contribution is 2.17. The van der Waals surface area contributed by atoms with E-state index in [-0.39, 0.29) is 5.91 Å². The van der Waals surface area contributed by atoms with Gasteiger partial charge in [0, 0.05) is 30.2 Å². The van der Waals surface area contributed by atoms with Crippen molar-refractivity contribution in [3.8, 4) is 0 Å². The normalized spacial score (nSPS) is 18.9. The van der Waals surface area contributed by atoms with Crippen molar-refractivity contribution in [3.05, 3.63) is 34.3 Å². The zero-order chi connectivity index (χ0) is 13.1. The van der Waals surface area contributed by atoms with Crippen LogP contribution in [0.4, 0.5) is 0 Å². The van der Waals surface area contributed by atoms with Gasteiger partial charge in [-0.05, 0) is 50.1 Å². The number of nitrogens with zero attached hydrogens (tertiary/aromatic N) is 1. The lowest BCUT2D eigenvalue weighted by atomic mass is 10.1. The van der Waals surface area contributed by atoms with Gasteiger partial charge in [-0.2, -0.15) is 0 Å². The zero-order valence-electron chi connectivity index (χ0n) is 10.9. The number of carbonyl (C=O) groups is 1. The molecule has 1 aromatic carbocycles. The summed E-state index contributed by atoms with van der Waals surface area (Å²) in [5.41, 5.74) is 1.65. The number of halogens is 1. The molecule has 1 atom stereocenters. The number of likely N-dealkylation sites (N-methyl/N-ethyl adjacent to an activating group) is 1. The van der Waals surface area contributed by atoms with Crippen molar-refractivity contribution in [1.82, 2.24) is 10.2 Å². The smallest absolute Gasteiger partial charge is 0.253 e. The molecule has 1 unspecified atom stereocenters. The fourth-order valence-electron chi connectivity index (χ4n) is 2.32. The number of hydrogen-bond donors (Lipinski definition) is 1. The molecule has 0 bridgehead atoms. The minimum Gasteiger partial charge on any atom is -0.340 e. The fourth-order valence-corrected chi connectivity index (χ4v) is 2.44. The van der Waals surface area contributed by atoms with Crippen molar-refractivity contribution in [2.45, 2.75) is 25.8 Å². The van der Waals surface area contributed by atoms with Crippen molar-refractivity contribution in [2.24, 2.45) is 0 Å². The molecule has 1 aromatic rings. The summed E-state index contributed by atoms with van der Waals surface area (Å²) in [7, 11) is 1.85. The summed E-state index contributed by atoms with van der Waals surface area (Å²) in [6.07, 6.45) is 2.35. The second kappa shape index (κ2) is 5.72. The van der Waals surface area contributed by atoms with Crippen LogP contribution in [0.5, 0.6) is 0 Å². The van der Waals surface area contributed by atoms with E-state index in [4.69, 9.17) is 11.6 Å². The van der Waals surface area contributed by atoms with Crippen LogP contribution in [-0.2, 0) is 0 Å². The molecular weight excluding hydrogens is 248 g/mol. The van der Waals surface area contributed by atoms with Crippen molar-refractivity contribution >= 4 is 17.5 Å². The Bertz CT molecular complexity index is 441. The van der Waals surface area contributed by atoms with E-state index in [9.17, 15) is 4.79 Å². The Morgan fingerprint density at radius 2 is 2.33 bits per heavy atom. The van der Waals surface area contributed by atoms with Crippen molar-refractivity contribution in [3.63, 3.8) is 0 Å². The molecule has 0 aliphatic carbocycles. The van der Waals surface area contributed by atoms with E-state index in [1.165, 1.54) is 6.42 Å². The summed E-state index contributed by atoms with van der Waals surface area (Å²) in [6.45, 7) is 3.74. The van der Waals surface area contributed by atoms with Crippen LogP contribution in [-0.4, -0.2) is 37.0 Å². The quantitative estimate of drug-likeness (QED) is 0.912. The third-order valence-electron chi connectivity index (χ3n) is 3.41. The van der Waals surface area contributed by atoms with Gasteiger partial charge in [0.05, 0.1) is 0 Å². The Morgan fingerprint density at radius 1 is 1.56 bits per heavy atom. The first-order valence-electron chi connectivity index (χ1n) is 6.33. The number of hydrogen-bond acceptors (Lipinski definition) is 2. The number of amides is 1. The summed E-state index contributed by atoms with van der Waals surface area (Å²) in [5.74, 6) is 0.0588. The van der Waals surface area contributed by atoms with Gasteiger partial charge in [0.15, 0.2) is 0 Å². The minimum absolute atomic E-state index is 0.0588. The van der Waals surface area contributed by atoms with Gasteiger partial charge in [0.2, 0.25) is 0 Å². The molecule has 0 aromatic heterocycles. The van der Waals surface area contributed by atoms with Gasteiger partial charge in [0.25, 0.3) is 5.91 Å².